The Balaban J connectivity index is 1.60. The number of hydrogen-bond donors (Lipinski definition) is 1. The summed E-state index contributed by atoms with van der Waals surface area (Å²) in [6.45, 7) is 7.00. The van der Waals surface area contributed by atoms with Gasteiger partial charge in [-0.15, -0.1) is 0 Å². The standard InChI is InChI=1S/C16H26N2O2/c1-2-7-17-11-13-6-9-19-16(13)12-18-8-10-20-15-5-3-4-14(15)18/h6,9,14-15,17H,2-5,7-8,10-12H2,1H3. The molecule has 1 aliphatic carbocycles. The third kappa shape index (κ3) is 3.08. The quantitative estimate of drug-likeness (QED) is 0.812. The molecule has 1 aliphatic heterocycles. The Morgan fingerprint density at radius 3 is 3.25 bits per heavy atom. The van der Waals surface area contributed by atoms with Crippen molar-refractivity contribution in [3.8, 4) is 0 Å². The smallest absolute Gasteiger partial charge is 0.122 e. The maximum absolute atomic E-state index is 5.88. The zero-order valence-electron chi connectivity index (χ0n) is 12.4. The van der Waals surface area contributed by atoms with E-state index in [1.165, 1.54) is 31.2 Å². The average Bonchev–Trinajstić information content (AvgIpc) is 3.09. The fourth-order valence-corrected chi connectivity index (χ4v) is 3.45. The van der Waals surface area contributed by atoms with Crippen LogP contribution in [0.4, 0.5) is 0 Å². The van der Waals surface area contributed by atoms with Crippen molar-refractivity contribution < 1.29 is 9.15 Å². The Morgan fingerprint density at radius 1 is 1.40 bits per heavy atom. The molecule has 2 heterocycles. The molecule has 4 nitrogen and oxygen atoms in total. The van der Waals surface area contributed by atoms with Crippen molar-refractivity contribution in [2.75, 3.05) is 19.7 Å². The molecule has 2 fully saturated rings. The van der Waals surface area contributed by atoms with E-state index in [9.17, 15) is 0 Å². The summed E-state index contributed by atoms with van der Waals surface area (Å²) < 4.78 is 11.6. The highest BCUT2D eigenvalue weighted by molar-refractivity contribution is 5.17. The minimum atomic E-state index is 0.459. The lowest BCUT2D eigenvalue weighted by atomic mass is 10.1. The highest BCUT2D eigenvalue weighted by Gasteiger charge is 2.36. The van der Waals surface area contributed by atoms with E-state index in [1.54, 1.807) is 0 Å². The lowest BCUT2D eigenvalue weighted by Crippen LogP contribution is -2.47. The minimum Gasteiger partial charge on any atom is -0.468 e. The van der Waals surface area contributed by atoms with E-state index in [4.69, 9.17) is 9.15 Å². The van der Waals surface area contributed by atoms with Gasteiger partial charge < -0.3 is 14.5 Å². The average molecular weight is 278 g/mol. The van der Waals surface area contributed by atoms with Crippen molar-refractivity contribution in [3.63, 3.8) is 0 Å². The van der Waals surface area contributed by atoms with E-state index < -0.39 is 0 Å². The first-order valence-electron chi connectivity index (χ1n) is 8.00. The molecule has 3 rings (SSSR count). The van der Waals surface area contributed by atoms with Crippen molar-refractivity contribution in [3.05, 3.63) is 23.7 Å². The van der Waals surface area contributed by atoms with Gasteiger partial charge in [0, 0.05) is 24.7 Å². The van der Waals surface area contributed by atoms with Crippen LogP contribution in [-0.4, -0.2) is 36.7 Å². The third-order valence-electron chi connectivity index (χ3n) is 4.52. The van der Waals surface area contributed by atoms with Crippen molar-refractivity contribution in [2.45, 2.75) is 57.8 Å². The normalized spacial score (nSPS) is 26.9. The Morgan fingerprint density at radius 2 is 2.35 bits per heavy atom. The van der Waals surface area contributed by atoms with Crippen LogP contribution in [0.3, 0.4) is 0 Å². The second-order valence-electron chi connectivity index (χ2n) is 5.92. The summed E-state index contributed by atoms with van der Waals surface area (Å²) in [6.07, 6.45) is 7.25. The predicted octanol–water partition coefficient (Wildman–Crippen LogP) is 2.53. The van der Waals surface area contributed by atoms with E-state index in [0.29, 0.717) is 12.1 Å². The number of nitrogens with one attached hydrogen (secondary N) is 1. The maximum atomic E-state index is 5.88. The molecule has 0 spiro atoms. The largest absolute Gasteiger partial charge is 0.468 e. The number of ether oxygens (including phenoxy) is 1. The van der Waals surface area contributed by atoms with Gasteiger partial charge in [0.1, 0.15) is 5.76 Å². The van der Waals surface area contributed by atoms with Crippen LogP contribution in [0.2, 0.25) is 0 Å². The number of rotatable bonds is 6. The molecule has 0 radical (unpaired) electrons. The van der Waals surface area contributed by atoms with Crippen LogP contribution < -0.4 is 5.32 Å². The molecule has 0 amide bonds. The first-order chi connectivity index (χ1) is 9.88. The molecule has 1 N–H and O–H groups in total. The zero-order chi connectivity index (χ0) is 13.8. The summed E-state index contributed by atoms with van der Waals surface area (Å²) in [5.41, 5.74) is 1.31. The van der Waals surface area contributed by atoms with Gasteiger partial charge in [-0.3, -0.25) is 4.90 Å². The number of morpholine rings is 1. The molecule has 4 heteroatoms. The van der Waals surface area contributed by atoms with E-state index >= 15 is 0 Å². The summed E-state index contributed by atoms with van der Waals surface area (Å²) in [4.78, 5) is 2.56. The molecular weight excluding hydrogens is 252 g/mol. The van der Waals surface area contributed by atoms with Gasteiger partial charge in [-0.25, -0.2) is 0 Å². The van der Waals surface area contributed by atoms with Crippen LogP contribution in [-0.2, 0) is 17.8 Å². The lowest BCUT2D eigenvalue weighted by molar-refractivity contribution is -0.0607. The van der Waals surface area contributed by atoms with Crippen LogP contribution in [0.25, 0.3) is 0 Å². The third-order valence-corrected chi connectivity index (χ3v) is 4.52. The zero-order valence-corrected chi connectivity index (χ0v) is 12.4. The predicted molar refractivity (Wildman–Crippen MR) is 78.5 cm³/mol. The minimum absolute atomic E-state index is 0.459. The van der Waals surface area contributed by atoms with E-state index in [-0.39, 0.29) is 0 Å². The molecule has 0 aromatic carbocycles. The fraction of sp³-hybridized carbons (Fsp3) is 0.750. The summed E-state index contributed by atoms with van der Waals surface area (Å²) >= 11 is 0. The molecule has 1 aromatic heterocycles. The van der Waals surface area contributed by atoms with Gasteiger partial charge in [-0.1, -0.05) is 6.92 Å². The van der Waals surface area contributed by atoms with E-state index in [2.05, 4.69) is 23.2 Å². The number of fused-ring (bicyclic) bond motifs is 1. The molecular formula is C16H26N2O2. The van der Waals surface area contributed by atoms with Gasteiger partial charge in [0.25, 0.3) is 0 Å². The van der Waals surface area contributed by atoms with Gasteiger partial charge in [-0.2, -0.15) is 0 Å². The second-order valence-corrected chi connectivity index (χ2v) is 5.92. The van der Waals surface area contributed by atoms with Crippen molar-refractivity contribution in [1.29, 1.82) is 0 Å². The van der Waals surface area contributed by atoms with Gasteiger partial charge in [-0.05, 0) is 38.3 Å². The Hall–Kier alpha value is -0.840. The second kappa shape index (κ2) is 6.74. The number of furan rings is 1. The van der Waals surface area contributed by atoms with Crippen LogP contribution in [0, 0.1) is 0 Å². The first-order valence-corrected chi connectivity index (χ1v) is 8.00. The molecule has 1 saturated carbocycles. The topological polar surface area (TPSA) is 37.6 Å². The van der Waals surface area contributed by atoms with Crippen molar-refractivity contribution in [2.24, 2.45) is 0 Å². The lowest BCUT2D eigenvalue weighted by Gasteiger charge is -2.37. The summed E-state index contributed by atoms with van der Waals surface area (Å²) in [6, 6.07) is 2.70. The van der Waals surface area contributed by atoms with Crippen LogP contribution in [0.15, 0.2) is 16.7 Å². The maximum Gasteiger partial charge on any atom is 0.122 e. The molecule has 0 bridgehead atoms. The number of nitrogens with zero attached hydrogens (tertiary/aromatic N) is 1. The highest BCUT2D eigenvalue weighted by Crippen LogP contribution is 2.31. The highest BCUT2D eigenvalue weighted by atomic mass is 16.5. The van der Waals surface area contributed by atoms with E-state index in [0.717, 1.165) is 38.5 Å². The summed E-state index contributed by atoms with van der Waals surface area (Å²) in [5, 5.41) is 3.46. The summed E-state index contributed by atoms with van der Waals surface area (Å²) in [5.74, 6) is 1.13. The van der Waals surface area contributed by atoms with Gasteiger partial charge in [0.05, 0.1) is 25.5 Å². The van der Waals surface area contributed by atoms with E-state index in [1.807, 2.05) is 6.26 Å². The fourth-order valence-electron chi connectivity index (χ4n) is 3.45. The monoisotopic (exact) mass is 278 g/mol. The molecule has 2 aliphatic rings. The van der Waals surface area contributed by atoms with Gasteiger partial charge in [0.2, 0.25) is 0 Å². The SMILES string of the molecule is CCCNCc1ccoc1CN1CCOC2CCCC21. The van der Waals surface area contributed by atoms with Crippen LogP contribution in [0.5, 0.6) is 0 Å². The molecule has 2 unspecified atom stereocenters. The first kappa shape index (κ1) is 14.1. The molecule has 112 valence electrons. The van der Waals surface area contributed by atoms with Crippen molar-refractivity contribution >= 4 is 0 Å². The summed E-state index contributed by atoms with van der Waals surface area (Å²) in [7, 11) is 0. The Kier molecular flexibility index (Phi) is 4.76. The van der Waals surface area contributed by atoms with Gasteiger partial charge in [0.15, 0.2) is 0 Å². The van der Waals surface area contributed by atoms with Crippen LogP contribution in [0.1, 0.15) is 43.9 Å². The van der Waals surface area contributed by atoms with Crippen LogP contribution >= 0.6 is 0 Å². The van der Waals surface area contributed by atoms with Gasteiger partial charge >= 0.3 is 0 Å². The molecule has 1 aromatic rings. The molecule has 20 heavy (non-hydrogen) atoms. The van der Waals surface area contributed by atoms with Crippen molar-refractivity contribution in [1.82, 2.24) is 10.2 Å². The Bertz CT molecular complexity index is 418. The Labute approximate surface area is 121 Å². The number of hydrogen-bond acceptors (Lipinski definition) is 4. The molecule has 2 atom stereocenters. The molecule has 1 saturated heterocycles.